The third-order valence-electron chi connectivity index (χ3n) is 4.99. The van der Waals surface area contributed by atoms with Crippen molar-refractivity contribution in [1.29, 1.82) is 0 Å². The lowest BCUT2D eigenvalue weighted by molar-refractivity contribution is 0.0490. The molecule has 2 fully saturated rings. The van der Waals surface area contributed by atoms with Crippen LogP contribution in [-0.4, -0.2) is 42.0 Å². The smallest absolute Gasteiger partial charge is 0.272 e. The van der Waals surface area contributed by atoms with Gasteiger partial charge in [-0.1, -0.05) is 6.07 Å². The number of carbonyl (C=O) groups is 1. The first-order valence-corrected chi connectivity index (χ1v) is 7.62. The number of hydrogen-bond acceptors (Lipinski definition) is 3. The Morgan fingerprint density at radius 1 is 1.25 bits per heavy atom. The summed E-state index contributed by atoms with van der Waals surface area (Å²) in [5.41, 5.74) is 2.08. The molecule has 0 bridgehead atoms. The van der Waals surface area contributed by atoms with E-state index in [-0.39, 0.29) is 5.91 Å². The van der Waals surface area contributed by atoms with Crippen LogP contribution in [0.1, 0.15) is 41.7 Å². The van der Waals surface area contributed by atoms with E-state index in [0.717, 1.165) is 44.6 Å². The molecule has 1 aromatic heterocycles. The van der Waals surface area contributed by atoms with Gasteiger partial charge < -0.3 is 10.2 Å². The van der Waals surface area contributed by atoms with Crippen LogP contribution in [0, 0.1) is 12.3 Å². The first kappa shape index (κ1) is 13.6. The topological polar surface area (TPSA) is 45.2 Å². The average Bonchev–Trinajstić information content (AvgIpc) is 2.49. The van der Waals surface area contributed by atoms with Crippen LogP contribution in [0.15, 0.2) is 18.3 Å². The second kappa shape index (κ2) is 5.52. The highest BCUT2D eigenvalue weighted by Gasteiger charge is 2.37. The van der Waals surface area contributed by atoms with Gasteiger partial charge in [0, 0.05) is 19.3 Å². The molecule has 0 atom stereocenters. The normalized spacial score (nSPS) is 21.9. The van der Waals surface area contributed by atoms with Gasteiger partial charge in [0.15, 0.2) is 0 Å². The van der Waals surface area contributed by atoms with Gasteiger partial charge in [0.05, 0.1) is 0 Å². The van der Waals surface area contributed by atoms with E-state index >= 15 is 0 Å². The molecule has 0 unspecified atom stereocenters. The Balaban J connectivity index is 1.66. The Bertz CT molecular complexity index is 484. The molecule has 3 heterocycles. The molecule has 108 valence electrons. The van der Waals surface area contributed by atoms with E-state index in [9.17, 15) is 4.79 Å². The van der Waals surface area contributed by atoms with Gasteiger partial charge in [-0.05, 0) is 62.7 Å². The molecule has 0 aromatic carbocycles. The summed E-state index contributed by atoms with van der Waals surface area (Å²) in [6.45, 7) is 5.99. The number of carbonyl (C=O) groups excluding carboxylic acids is 1. The van der Waals surface area contributed by atoms with Crippen molar-refractivity contribution in [3.05, 3.63) is 29.6 Å². The van der Waals surface area contributed by atoms with E-state index in [2.05, 4.69) is 10.3 Å². The number of likely N-dealkylation sites (tertiary alicyclic amines) is 1. The molecular weight excluding hydrogens is 250 g/mol. The maximum atomic E-state index is 12.5. The number of nitrogens with zero attached hydrogens (tertiary/aromatic N) is 2. The molecule has 2 aliphatic rings. The maximum Gasteiger partial charge on any atom is 0.272 e. The summed E-state index contributed by atoms with van der Waals surface area (Å²) in [5, 5.41) is 3.43. The minimum Gasteiger partial charge on any atom is -0.337 e. The number of rotatable bonds is 1. The summed E-state index contributed by atoms with van der Waals surface area (Å²) in [7, 11) is 0. The first-order valence-electron chi connectivity index (χ1n) is 7.62. The highest BCUT2D eigenvalue weighted by Crippen LogP contribution is 2.39. The third kappa shape index (κ3) is 2.57. The Morgan fingerprint density at radius 3 is 2.60 bits per heavy atom. The van der Waals surface area contributed by atoms with Crippen LogP contribution in [0.5, 0.6) is 0 Å². The summed E-state index contributed by atoms with van der Waals surface area (Å²) in [6, 6.07) is 3.84. The summed E-state index contributed by atoms with van der Waals surface area (Å²) >= 11 is 0. The second-order valence-electron chi connectivity index (χ2n) is 6.21. The van der Waals surface area contributed by atoms with E-state index in [0.29, 0.717) is 11.1 Å². The number of aryl methyl sites for hydroxylation is 1. The largest absolute Gasteiger partial charge is 0.337 e. The molecule has 0 saturated carbocycles. The maximum absolute atomic E-state index is 12.5. The molecule has 1 N–H and O–H groups in total. The van der Waals surface area contributed by atoms with Crippen molar-refractivity contribution < 1.29 is 4.79 Å². The predicted octanol–water partition coefficient (Wildman–Crippen LogP) is 2.00. The molecule has 0 radical (unpaired) electrons. The lowest BCUT2D eigenvalue weighted by Gasteiger charge is -2.44. The number of piperidine rings is 2. The van der Waals surface area contributed by atoms with Gasteiger partial charge in [-0.2, -0.15) is 0 Å². The van der Waals surface area contributed by atoms with Gasteiger partial charge in [0.25, 0.3) is 5.91 Å². The van der Waals surface area contributed by atoms with Gasteiger partial charge in [-0.3, -0.25) is 9.78 Å². The standard InChI is InChI=1S/C16H23N3O/c1-13-3-2-8-18-14(13)15(20)19-11-6-16(7-12-19)4-9-17-10-5-16/h2-3,8,17H,4-7,9-12H2,1H3. The number of hydrogen-bond donors (Lipinski definition) is 1. The molecule has 1 amide bonds. The summed E-state index contributed by atoms with van der Waals surface area (Å²) in [5.74, 6) is 0.104. The van der Waals surface area contributed by atoms with Gasteiger partial charge in [0.2, 0.25) is 0 Å². The zero-order valence-electron chi connectivity index (χ0n) is 12.2. The molecule has 1 spiro atoms. The highest BCUT2D eigenvalue weighted by molar-refractivity contribution is 5.93. The monoisotopic (exact) mass is 273 g/mol. The summed E-state index contributed by atoms with van der Waals surface area (Å²) in [4.78, 5) is 18.8. The zero-order valence-corrected chi connectivity index (χ0v) is 12.2. The van der Waals surface area contributed by atoms with E-state index in [4.69, 9.17) is 0 Å². The summed E-state index contributed by atoms with van der Waals surface area (Å²) < 4.78 is 0. The Hall–Kier alpha value is -1.42. The van der Waals surface area contributed by atoms with Gasteiger partial charge in [-0.15, -0.1) is 0 Å². The van der Waals surface area contributed by atoms with E-state index in [1.165, 1.54) is 12.8 Å². The van der Waals surface area contributed by atoms with Crippen LogP contribution in [0.25, 0.3) is 0 Å². The fourth-order valence-electron chi connectivity index (χ4n) is 3.50. The Morgan fingerprint density at radius 2 is 1.95 bits per heavy atom. The molecule has 3 rings (SSSR count). The highest BCUT2D eigenvalue weighted by atomic mass is 16.2. The second-order valence-corrected chi connectivity index (χ2v) is 6.21. The number of aromatic nitrogens is 1. The summed E-state index contributed by atoms with van der Waals surface area (Å²) in [6.07, 6.45) is 6.52. The molecule has 4 heteroatoms. The molecule has 1 aromatic rings. The van der Waals surface area contributed by atoms with Crippen LogP contribution in [0.4, 0.5) is 0 Å². The molecule has 0 aliphatic carbocycles. The molecule has 2 aliphatic heterocycles. The SMILES string of the molecule is Cc1cccnc1C(=O)N1CCC2(CCNCC2)CC1. The van der Waals surface area contributed by atoms with Crippen LogP contribution in [0.2, 0.25) is 0 Å². The van der Waals surface area contributed by atoms with Crippen molar-refractivity contribution in [3.63, 3.8) is 0 Å². The third-order valence-corrected chi connectivity index (χ3v) is 4.99. The molecule has 2 saturated heterocycles. The van der Waals surface area contributed by atoms with Crippen LogP contribution in [-0.2, 0) is 0 Å². The Kier molecular flexibility index (Phi) is 3.74. The van der Waals surface area contributed by atoms with Gasteiger partial charge >= 0.3 is 0 Å². The fraction of sp³-hybridized carbons (Fsp3) is 0.625. The lowest BCUT2D eigenvalue weighted by Crippen LogP contribution is -2.47. The van der Waals surface area contributed by atoms with E-state index in [1.54, 1.807) is 6.20 Å². The van der Waals surface area contributed by atoms with Gasteiger partial charge in [0.1, 0.15) is 5.69 Å². The Labute approximate surface area is 120 Å². The van der Waals surface area contributed by atoms with Crippen molar-refractivity contribution >= 4 is 5.91 Å². The van der Waals surface area contributed by atoms with E-state index < -0.39 is 0 Å². The lowest BCUT2D eigenvalue weighted by atomic mass is 9.71. The average molecular weight is 273 g/mol. The van der Waals surface area contributed by atoms with Crippen molar-refractivity contribution in [2.75, 3.05) is 26.2 Å². The van der Waals surface area contributed by atoms with Crippen LogP contribution in [0.3, 0.4) is 0 Å². The van der Waals surface area contributed by atoms with Crippen molar-refractivity contribution in [2.24, 2.45) is 5.41 Å². The number of pyridine rings is 1. The quantitative estimate of drug-likeness (QED) is 0.851. The van der Waals surface area contributed by atoms with Crippen LogP contribution < -0.4 is 5.32 Å². The number of amides is 1. The minimum absolute atomic E-state index is 0.104. The zero-order chi connectivity index (χ0) is 14.0. The van der Waals surface area contributed by atoms with Crippen LogP contribution >= 0.6 is 0 Å². The molecule has 4 nitrogen and oxygen atoms in total. The molecular formula is C16H23N3O. The van der Waals surface area contributed by atoms with Crippen molar-refractivity contribution in [1.82, 2.24) is 15.2 Å². The fourth-order valence-corrected chi connectivity index (χ4v) is 3.50. The van der Waals surface area contributed by atoms with E-state index in [1.807, 2.05) is 24.0 Å². The van der Waals surface area contributed by atoms with Crippen molar-refractivity contribution in [2.45, 2.75) is 32.6 Å². The van der Waals surface area contributed by atoms with Gasteiger partial charge in [-0.25, -0.2) is 0 Å². The van der Waals surface area contributed by atoms with Crippen molar-refractivity contribution in [3.8, 4) is 0 Å². The minimum atomic E-state index is 0.104. The first-order chi connectivity index (χ1) is 9.70. The predicted molar refractivity (Wildman–Crippen MR) is 78.6 cm³/mol. The molecule has 20 heavy (non-hydrogen) atoms. The number of nitrogens with one attached hydrogen (secondary N) is 1.